The van der Waals surface area contributed by atoms with Gasteiger partial charge in [-0.05, 0) is 55.8 Å². The summed E-state index contributed by atoms with van der Waals surface area (Å²) >= 11 is 3.41. The second kappa shape index (κ2) is 11.3. The lowest BCUT2D eigenvalue weighted by Crippen LogP contribution is -2.51. The molecule has 1 atom stereocenters. The number of rotatable bonds is 10. The Hall–Kier alpha value is -2.59. The highest BCUT2D eigenvalue weighted by Gasteiger charge is 2.29. The Morgan fingerprint density at radius 2 is 1.81 bits per heavy atom. The van der Waals surface area contributed by atoms with Gasteiger partial charge in [-0.1, -0.05) is 28.1 Å². The van der Waals surface area contributed by atoms with Crippen LogP contribution in [-0.4, -0.2) is 57.6 Å². The highest BCUT2D eigenvalue weighted by molar-refractivity contribution is 9.10. The van der Waals surface area contributed by atoms with Crippen LogP contribution in [0.15, 0.2) is 53.0 Å². The predicted molar refractivity (Wildman–Crippen MR) is 128 cm³/mol. The number of carbonyl (C=O) groups is 2. The first-order valence-electron chi connectivity index (χ1n) is 10.00. The van der Waals surface area contributed by atoms with Crippen LogP contribution in [0.3, 0.4) is 0 Å². The van der Waals surface area contributed by atoms with Gasteiger partial charge in [0.1, 0.15) is 18.3 Å². The third kappa shape index (κ3) is 6.96. The number of amides is 2. The van der Waals surface area contributed by atoms with Gasteiger partial charge in [0.05, 0.1) is 19.1 Å². The molecule has 0 aromatic heterocycles. The van der Waals surface area contributed by atoms with Gasteiger partial charge in [-0.2, -0.15) is 0 Å². The lowest BCUT2D eigenvalue weighted by molar-refractivity contribution is -0.139. The van der Waals surface area contributed by atoms with E-state index in [4.69, 9.17) is 4.74 Å². The summed E-state index contributed by atoms with van der Waals surface area (Å²) in [6, 6.07) is 13.0. The molecular weight excluding hydrogens is 498 g/mol. The van der Waals surface area contributed by atoms with Gasteiger partial charge >= 0.3 is 0 Å². The molecule has 0 saturated carbocycles. The second-order valence-corrected chi connectivity index (χ2v) is 10.0. The number of hydrogen-bond donors (Lipinski definition) is 1. The summed E-state index contributed by atoms with van der Waals surface area (Å²) in [5, 5.41) is 2.72. The van der Waals surface area contributed by atoms with Crippen LogP contribution in [0.5, 0.6) is 5.75 Å². The number of methoxy groups -OCH3 is 1. The van der Waals surface area contributed by atoms with E-state index in [1.807, 2.05) is 24.3 Å². The highest BCUT2D eigenvalue weighted by atomic mass is 79.9. The van der Waals surface area contributed by atoms with Crippen LogP contribution in [0, 0.1) is 0 Å². The summed E-state index contributed by atoms with van der Waals surface area (Å²) < 4.78 is 32.0. The molecule has 0 aliphatic heterocycles. The van der Waals surface area contributed by atoms with E-state index < -0.39 is 28.5 Å². The first-order chi connectivity index (χ1) is 15.1. The fraction of sp³-hybridized carbons (Fsp3) is 0.364. The van der Waals surface area contributed by atoms with Gasteiger partial charge in [0.15, 0.2) is 0 Å². The van der Waals surface area contributed by atoms with Gasteiger partial charge in [-0.25, -0.2) is 8.42 Å². The Morgan fingerprint density at radius 1 is 1.16 bits per heavy atom. The van der Waals surface area contributed by atoms with Gasteiger partial charge < -0.3 is 15.0 Å². The number of nitrogens with zero attached hydrogens (tertiary/aromatic N) is 2. The molecule has 0 heterocycles. The van der Waals surface area contributed by atoms with E-state index in [9.17, 15) is 18.0 Å². The van der Waals surface area contributed by atoms with Gasteiger partial charge in [-0.3, -0.25) is 13.9 Å². The number of nitrogens with one attached hydrogen (secondary N) is 1. The van der Waals surface area contributed by atoms with Crippen molar-refractivity contribution in [3.63, 3.8) is 0 Å². The van der Waals surface area contributed by atoms with Crippen molar-refractivity contribution in [2.24, 2.45) is 0 Å². The Labute approximate surface area is 197 Å². The highest BCUT2D eigenvalue weighted by Crippen LogP contribution is 2.22. The molecule has 0 saturated heterocycles. The zero-order chi connectivity index (χ0) is 23.9. The second-order valence-electron chi connectivity index (χ2n) is 7.19. The molecule has 2 rings (SSSR count). The minimum Gasteiger partial charge on any atom is -0.497 e. The van der Waals surface area contributed by atoms with Crippen LogP contribution in [0.4, 0.5) is 5.69 Å². The third-order valence-corrected chi connectivity index (χ3v) is 6.43. The first-order valence-corrected chi connectivity index (χ1v) is 12.6. The van der Waals surface area contributed by atoms with Crippen molar-refractivity contribution in [3.8, 4) is 5.75 Å². The van der Waals surface area contributed by atoms with Crippen molar-refractivity contribution >= 4 is 43.5 Å². The average molecular weight is 526 g/mol. The molecule has 0 bridgehead atoms. The van der Waals surface area contributed by atoms with Crippen molar-refractivity contribution in [1.29, 1.82) is 0 Å². The molecule has 10 heteroatoms. The number of halogens is 1. The Morgan fingerprint density at radius 3 is 2.34 bits per heavy atom. The van der Waals surface area contributed by atoms with Crippen LogP contribution >= 0.6 is 15.9 Å². The number of anilines is 1. The first kappa shape index (κ1) is 25.7. The van der Waals surface area contributed by atoms with Crippen LogP contribution < -0.4 is 14.4 Å². The molecule has 2 amide bonds. The van der Waals surface area contributed by atoms with Gasteiger partial charge in [0, 0.05) is 17.6 Å². The molecule has 0 unspecified atom stereocenters. The Kier molecular flexibility index (Phi) is 9.09. The maximum Gasteiger partial charge on any atom is 0.244 e. The van der Waals surface area contributed by atoms with E-state index in [1.54, 1.807) is 38.1 Å². The summed E-state index contributed by atoms with van der Waals surface area (Å²) in [6.07, 6.45) is 1.04. The number of likely N-dealkylation sites (N-methyl/N-ethyl adjacent to an activating group) is 1. The van der Waals surface area contributed by atoms with E-state index in [2.05, 4.69) is 21.2 Å². The molecule has 0 fully saturated rings. The van der Waals surface area contributed by atoms with Crippen molar-refractivity contribution < 1.29 is 22.7 Å². The molecule has 174 valence electrons. The largest absolute Gasteiger partial charge is 0.497 e. The fourth-order valence-corrected chi connectivity index (χ4v) is 4.40. The standard InChI is InChI=1S/C22H28BrN3O5S/c1-5-24-22(28)16(2)25(14-17-7-6-8-18(23)13-17)21(27)15-26(32(4,29)30)19-9-11-20(31-3)12-10-19/h6-13,16H,5,14-15H2,1-4H3,(H,24,28)/t16-/m1/s1. The monoisotopic (exact) mass is 525 g/mol. The topological polar surface area (TPSA) is 96.0 Å². The maximum atomic E-state index is 13.3. The van der Waals surface area contributed by atoms with Crippen molar-refractivity contribution in [2.45, 2.75) is 26.4 Å². The normalized spacial score (nSPS) is 12.0. The summed E-state index contributed by atoms with van der Waals surface area (Å²) in [4.78, 5) is 27.2. The van der Waals surface area contributed by atoms with Gasteiger partial charge in [0.2, 0.25) is 21.8 Å². The van der Waals surface area contributed by atoms with Crippen molar-refractivity contribution in [3.05, 3.63) is 58.6 Å². The van der Waals surface area contributed by atoms with E-state index in [0.29, 0.717) is 18.0 Å². The number of ether oxygens (including phenoxy) is 1. The summed E-state index contributed by atoms with van der Waals surface area (Å²) in [5.74, 6) is -0.245. The molecule has 0 spiro atoms. The molecule has 0 radical (unpaired) electrons. The quantitative estimate of drug-likeness (QED) is 0.514. The van der Waals surface area contributed by atoms with Crippen LogP contribution in [0.25, 0.3) is 0 Å². The van der Waals surface area contributed by atoms with Crippen molar-refractivity contribution in [2.75, 3.05) is 30.8 Å². The zero-order valence-corrected chi connectivity index (χ0v) is 20.9. The SMILES string of the molecule is CCNC(=O)[C@@H](C)N(Cc1cccc(Br)c1)C(=O)CN(c1ccc(OC)cc1)S(C)(=O)=O. The van der Waals surface area contributed by atoms with Crippen molar-refractivity contribution in [1.82, 2.24) is 10.2 Å². The van der Waals surface area contributed by atoms with Crippen LogP contribution in [0.1, 0.15) is 19.4 Å². The van der Waals surface area contributed by atoms with E-state index in [0.717, 1.165) is 20.6 Å². The van der Waals surface area contributed by atoms with Crippen LogP contribution in [0.2, 0.25) is 0 Å². The minimum absolute atomic E-state index is 0.150. The van der Waals surface area contributed by atoms with E-state index >= 15 is 0 Å². The smallest absolute Gasteiger partial charge is 0.244 e. The summed E-state index contributed by atoms with van der Waals surface area (Å²) in [7, 11) is -2.26. The molecule has 8 nitrogen and oxygen atoms in total. The summed E-state index contributed by atoms with van der Waals surface area (Å²) in [6.45, 7) is 3.54. The Balaban J connectivity index is 2.37. The van der Waals surface area contributed by atoms with Crippen LogP contribution in [-0.2, 0) is 26.2 Å². The van der Waals surface area contributed by atoms with E-state index in [-0.39, 0.29) is 12.5 Å². The van der Waals surface area contributed by atoms with Gasteiger partial charge in [0.25, 0.3) is 0 Å². The maximum absolute atomic E-state index is 13.3. The molecule has 0 aliphatic carbocycles. The zero-order valence-electron chi connectivity index (χ0n) is 18.5. The molecule has 2 aromatic carbocycles. The Bertz CT molecular complexity index is 1040. The third-order valence-electron chi connectivity index (χ3n) is 4.80. The van der Waals surface area contributed by atoms with Gasteiger partial charge in [-0.15, -0.1) is 0 Å². The molecule has 0 aliphatic rings. The fourth-order valence-electron chi connectivity index (χ4n) is 3.10. The lowest BCUT2D eigenvalue weighted by atomic mass is 10.1. The molecule has 32 heavy (non-hydrogen) atoms. The lowest BCUT2D eigenvalue weighted by Gasteiger charge is -2.31. The summed E-state index contributed by atoms with van der Waals surface area (Å²) in [5.41, 5.74) is 1.13. The molecule has 1 N–H and O–H groups in total. The minimum atomic E-state index is -3.76. The number of hydrogen-bond acceptors (Lipinski definition) is 5. The van der Waals surface area contributed by atoms with E-state index in [1.165, 1.54) is 12.0 Å². The molecule has 2 aromatic rings. The average Bonchev–Trinajstić information content (AvgIpc) is 2.74. The molecular formula is C22H28BrN3O5S. The number of carbonyl (C=O) groups excluding carboxylic acids is 2. The number of benzene rings is 2. The number of sulfonamides is 1. The predicted octanol–water partition coefficient (Wildman–Crippen LogP) is 2.78.